The van der Waals surface area contributed by atoms with Crippen molar-refractivity contribution in [1.29, 1.82) is 0 Å². The predicted molar refractivity (Wildman–Crippen MR) is 107 cm³/mol. The quantitative estimate of drug-likeness (QED) is 0.292. The van der Waals surface area contributed by atoms with Crippen molar-refractivity contribution >= 4 is 28.8 Å². The van der Waals surface area contributed by atoms with Crippen molar-refractivity contribution in [2.45, 2.75) is 13.8 Å². The van der Waals surface area contributed by atoms with Gasteiger partial charge in [-0.3, -0.25) is 9.59 Å². The molecule has 0 saturated carbocycles. The summed E-state index contributed by atoms with van der Waals surface area (Å²) >= 11 is 1.36. The molecule has 2 N–H and O–H groups in total. The Labute approximate surface area is 161 Å². The van der Waals surface area contributed by atoms with Gasteiger partial charge in [0, 0.05) is 12.5 Å². The molecule has 0 aliphatic heterocycles. The number of nitrogens with zero attached hydrogens (tertiary/aromatic N) is 1. The highest BCUT2D eigenvalue weighted by Gasteiger charge is 2.20. The van der Waals surface area contributed by atoms with Crippen LogP contribution in [-0.2, 0) is 4.79 Å². The maximum atomic E-state index is 12.7. The summed E-state index contributed by atoms with van der Waals surface area (Å²) < 4.78 is 0. The summed E-state index contributed by atoms with van der Waals surface area (Å²) in [5, 5.41) is 21.9. The van der Waals surface area contributed by atoms with E-state index in [9.17, 15) is 10.0 Å². The van der Waals surface area contributed by atoms with Crippen LogP contribution in [0.3, 0.4) is 0 Å². The number of carbonyl (C=O) groups is 2. The fourth-order valence-electron chi connectivity index (χ4n) is 2.41. The number of benzene rings is 2. The van der Waals surface area contributed by atoms with Crippen LogP contribution in [0, 0.1) is 6.92 Å². The molecule has 1 heterocycles. The number of carboxylic acid groups (broad SMARTS) is 1. The number of oxime groups is 1. The first kappa shape index (κ1) is 20.1. The summed E-state index contributed by atoms with van der Waals surface area (Å²) in [6.45, 7) is 2.97. The number of carbonyl (C=O) groups excluding carboxylic acids is 1. The highest BCUT2D eigenvalue weighted by atomic mass is 32.1. The molecule has 0 saturated heterocycles. The second kappa shape index (κ2) is 9.45. The second-order valence-corrected chi connectivity index (χ2v) is 6.59. The summed E-state index contributed by atoms with van der Waals surface area (Å²) in [6.07, 6.45) is 0. The van der Waals surface area contributed by atoms with Gasteiger partial charge < -0.3 is 10.3 Å². The maximum Gasteiger partial charge on any atom is 0.300 e. The molecular weight excluding hydrogens is 362 g/mol. The molecule has 3 rings (SSSR count). The van der Waals surface area contributed by atoms with E-state index in [1.807, 2.05) is 66.9 Å². The molecule has 0 unspecified atom stereocenters. The summed E-state index contributed by atoms with van der Waals surface area (Å²) in [5.74, 6) is -1.10. The number of thiophene rings is 1. The molecule has 0 bridgehead atoms. The van der Waals surface area contributed by atoms with Crippen molar-refractivity contribution in [2.75, 3.05) is 0 Å². The van der Waals surface area contributed by atoms with Gasteiger partial charge in [0.1, 0.15) is 0 Å². The molecule has 3 aromatic rings. The first-order valence-corrected chi connectivity index (χ1v) is 8.98. The van der Waals surface area contributed by atoms with Gasteiger partial charge in [-0.25, -0.2) is 0 Å². The molecule has 0 atom stereocenters. The standard InChI is InChI=1S/C19H15NO2S.C2H4O2/c1-13-7-5-6-10-16(13)18(20-22)19(21)17-11-15(12-23-17)14-8-3-2-4-9-14;1-2(3)4/h2-12,22H,1H3;1H3,(H,3,4). The normalized spacial score (nSPS) is 10.7. The van der Waals surface area contributed by atoms with Crippen molar-refractivity contribution in [2.24, 2.45) is 5.16 Å². The predicted octanol–water partition coefficient (Wildman–Crippen LogP) is 4.88. The first-order chi connectivity index (χ1) is 12.9. The fourth-order valence-corrected chi connectivity index (χ4v) is 3.27. The number of aliphatic carboxylic acids is 1. The number of ketones is 1. The summed E-state index contributed by atoms with van der Waals surface area (Å²) in [7, 11) is 0. The van der Waals surface area contributed by atoms with Crippen LogP contribution in [0.5, 0.6) is 0 Å². The Morgan fingerprint density at radius 1 is 0.963 bits per heavy atom. The van der Waals surface area contributed by atoms with Gasteiger partial charge in [-0.15, -0.1) is 11.3 Å². The van der Waals surface area contributed by atoms with Crippen molar-refractivity contribution in [3.05, 3.63) is 82.0 Å². The van der Waals surface area contributed by atoms with E-state index in [1.165, 1.54) is 11.3 Å². The third kappa shape index (κ3) is 5.36. The molecule has 0 radical (unpaired) electrons. The number of hydrogen-bond acceptors (Lipinski definition) is 5. The second-order valence-electron chi connectivity index (χ2n) is 5.68. The average Bonchev–Trinajstić information content (AvgIpc) is 3.14. The number of aryl methyl sites for hydroxylation is 1. The van der Waals surface area contributed by atoms with Crippen LogP contribution < -0.4 is 0 Å². The minimum atomic E-state index is -0.833. The van der Waals surface area contributed by atoms with E-state index in [-0.39, 0.29) is 11.5 Å². The Hall–Kier alpha value is -3.25. The van der Waals surface area contributed by atoms with Gasteiger partial charge in [-0.05, 0) is 35.1 Å². The monoisotopic (exact) mass is 381 g/mol. The van der Waals surface area contributed by atoms with Crippen molar-refractivity contribution in [1.82, 2.24) is 0 Å². The Kier molecular flexibility index (Phi) is 7.02. The molecule has 6 heteroatoms. The van der Waals surface area contributed by atoms with E-state index in [4.69, 9.17) is 9.90 Å². The van der Waals surface area contributed by atoms with E-state index < -0.39 is 5.97 Å². The maximum absolute atomic E-state index is 12.7. The van der Waals surface area contributed by atoms with E-state index in [0.717, 1.165) is 23.6 Å². The zero-order valence-corrected chi connectivity index (χ0v) is 15.7. The van der Waals surface area contributed by atoms with Crippen LogP contribution in [0.15, 0.2) is 71.2 Å². The van der Waals surface area contributed by atoms with Gasteiger partial charge in [0.15, 0.2) is 5.71 Å². The molecule has 0 spiro atoms. The highest BCUT2D eigenvalue weighted by Crippen LogP contribution is 2.26. The lowest BCUT2D eigenvalue weighted by molar-refractivity contribution is -0.134. The van der Waals surface area contributed by atoms with Gasteiger partial charge >= 0.3 is 0 Å². The van der Waals surface area contributed by atoms with Crippen molar-refractivity contribution in [3.8, 4) is 11.1 Å². The zero-order chi connectivity index (χ0) is 19.8. The van der Waals surface area contributed by atoms with Crippen molar-refractivity contribution in [3.63, 3.8) is 0 Å². The third-order valence-electron chi connectivity index (χ3n) is 3.65. The zero-order valence-electron chi connectivity index (χ0n) is 14.9. The van der Waals surface area contributed by atoms with Crippen LogP contribution in [0.1, 0.15) is 27.7 Å². The minimum absolute atomic E-state index is 0.0737. The molecule has 138 valence electrons. The van der Waals surface area contributed by atoms with Gasteiger partial charge in [0.05, 0.1) is 4.88 Å². The van der Waals surface area contributed by atoms with E-state index in [0.29, 0.717) is 10.4 Å². The number of carboxylic acids is 1. The number of rotatable bonds is 4. The topological polar surface area (TPSA) is 87.0 Å². The summed E-state index contributed by atoms with van der Waals surface area (Å²) in [6, 6.07) is 19.1. The Morgan fingerprint density at radius 2 is 1.56 bits per heavy atom. The molecule has 0 amide bonds. The number of Topliss-reactive ketones (excluding diaryl/α,β-unsaturated/α-hetero) is 1. The molecule has 2 aromatic carbocycles. The fraction of sp³-hybridized carbons (Fsp3) is 0.0952. The van der Waals surface area contributed by atoms with Crippen molar-refractivity contribution < 1.29 is 19.9 Å². The SMILES string of the molecule is CC(=O)O.Cc1ccccc1C(=NO)C(=O)c1cc(-c2ccccc2)cs1. The smallest absolute Gasteiger partial charge is 0.300 e. The van der Waals surface area contributed by atoms with E-state index in [2.05, 4.69) is 5.16 Å². The van der Waals surface area contributed by atoms with Gasteiger partial charge in [-0.2, -0.15) is 0 Å². The molecule has 1 aromatic heterocycles. The van der Waals surface area contributed by atoms with Crippen LogP contribution in [0.25, 0.3) is 11.1 Å². The molecule has 5 nitrogen and oxygen atoms in total. The molecule has 0 aliphatic carbocycles. The lowest BCUT2D eigenvalue weighted by atomic mass is 10.00. The molecule has 27 heavy (non-hydrogen) atoms. The highest BCUT2D eigenvalue weighted by molar-refractivity contribution is 7.13. The minimum Gasteiger partial charge on any atom is -0.481 e. The van der Waals surface area contributed by atoms with Gasteiger partial charge in [0.2, 0.25) is 5.78 Å². The van der Waals surface area contributed by atoms with Crippen LogP contribution in [0.4, 0.5) is 0 Å². The Morgan fingerprint density at radius 3 is 2.15 bits per heavy atom. The van der Waals surface area contributed by atoms with Gasteiger partial charge in [0.25, 0.3) is 5.97 Å². The van der Waals surface area contributed by atoms with Crippen LogP contribution in [0.2, 0.25) is 0 Å². The first-order valence-electron chi connectivity index (χ1n) is 8.10. The summed E-state index contributed by atoms with van der Waals surface area (Å²) in [4.78, 5) is 22.2. The molecule has 0 fully saturated rings. The third-order valence-corrected chi connectivity index (χ3v) is 4.57. The number of hydrogen-bond donors (Lipinski definition) is 2. The lowest BCUT2D eigenvalue weighted by Gasteiger charge is -2.05. The Balaban J connectivity index is 0.000000596. The van der Waals surface area contributed by atoms with Crippen LogP contribution >= 0.6 is 11.3 Å². The lowest BCUT2D eigenvalue weighted by Crippen LogP contribution is -2.16. The van der Waals surface area contributed by atoms with Crippen LogP contribution in [-0.4, -0.2) is 27.8 Å². The summed E-state index contributed by atoms with van der Waals surface area (Å²) in [5.41, 5.74) is 3.66. The Bertz CT molecular complexity index is 957. The molecule has 0 aliphatic rings. The average molecular weight is 381 g/mol. The van der Waals surface area contributed by atoms with E-state index in [1.54, 1.807) is 6.07 Å². The molecular formula is C21H19NO4S. The largest absolute Gasteiger partial charge is 0.481 e. The van der Waals surface area contributed by atoms with E-state index >= 15 is 0 Å². The van der Waals surface area contributed by atoms with Gasteiger partial charge in [-0.1, -0.05) is 59.8 Å².